The van der Waals surface area contributed by atoms with Crippen molar-refractivity contribution in [3.63, 3.8) is 0 Å². The smallest absolute Gasteiger partial charge is 0.306 e. The molecule has 1 fully saturated rings. The molecule has 60 valence electrons. The van der Waals surface area contributed by atoms with Crippen molar-refractivity contribution in [3.8, 4) is 0 Å². The molecule has 1 rings (SSSR count). The Kier molecular flexibility index (Phi) is 5.96. The Labute approximate surface area is 95.4 Å². The SMILES string of the molecule is O=C(O)C1CCCC(Br)C1.[Hg]. The van der Waals surface area contributed by atoms with Crippen LogP contribution in [0.25, 0.3) is 0 Å². The molecule has 0 aromatic heterocycles. The molecule has 0 amide bonds. The maximum absolute atomic E-state index is 10.5. The van der Waals surface area contributed by atoms with E-state index in [2.05, 4.69) is 15.9 Å². The van der Waals surface area contributed by atoms with Crippen molar-refractivity contribution < 1.29 is 37.6 Å². The van der Waals surface area contributed by atoms with Crippen molar-refractivity contribution in [2.24, 2.45) is 5.92 Å². The molecule has 4 heteroatoms. The summed E-state index contributed by atoms with van der Waals surface area (Å²) in [5.41, 5.74) is 0. The van der Waals surface area contributed by atoms with Gasteiger partial charge in [-0.15, -0.1) is 0 Å². The summed E-state index contributed by atoms with van der Waals surface area (Å²) in [6.07, 6.45) is 3.84. The Morgan fingerprint density at radius 3 is 2.45 bits per heavy atom. The molecular formula is C7H11BrHgO2. The fraction of sp³-hybridized carbons (Fsp3) is 0.857. The van der Waals surface area contributed by atoms with Gasteiger partial charge in [-0.2, -0.15) is 0 Å². The molecule has 0 bridgehead atoms. The minimum absolute atomic E-state index is 0. The van der Waals surface area contributed by atoms with Gasteiger partial charge in [0, 0.05) is 32.5 Å². The monoisotopic (exact) mass is 408 g/mol. The number of hydrogen-bond acceptors (Lipinski definition) is 1. The van der Waals surface area contributed by atoms with E-state index in [1.165, 1.54) is 0 Å². The fourth-order valence-electron chi connectivity index (χ4n) is 1.35. The third-order valence-electron chi connectivity index (χ3n) is 1.96. The Morgan fingerprint density at radius 1 is 1.45 bits per heavy atom. The summed E-state index contributed by atoms with van der Waals surface area (Å²) in [6, 6.07) is 0. The summed E-state index contributed by atoms with van der Waals surface area (Å²) in [5.74, 6) is -0.734. The summed E-state index contributed by atoms with van der Waals surface area (Å²) in [4.78, 5) is 10.9. The number of alkyl halides is 1. The first-order chi connectivity index (χ1) is 4.70. The van der Waals surface area contributed by atoms with Crippen LogP contribution in [0.3, 0.4) is 0 Å². The third-order valence-corrected chi connectivity index (χ3v) is 2.79. The van der Waals surface area contributed by atoms with E-state index in [4.69, 9.17) is 5.11 Å². The van der Waals surface area contributed by atoms with Crippen LogP contribution in [0.15, 0.2) is 0 Å². The number of carboxylic acids is 1. The van der Waals surface area contributed by atoms with Gasteiger partial charge in [-0.1, -0.05) is 22.4 Å². The van der Waals surface area contributed by atoms with Gasteiger partial charge in [0.25, 0.3) is 0 Å². The molecule has 1 aliphatic rings. The number of carboxylic acid groups (broad SMARTS) is 1. The quantitative estimate of drug-likeness (QED) is 0.533. The number of aliphatic carboxylic acids is 1. The molecule has 0 aromatic carbocycles. The van der Waals surface area contributed by atoms with E-state index in [0.29, 0.717) is 4.83 Å². The predicted molar refractivity (Wildman–Crippen MR) is 42.3 cm³/mol. The molecule has 0 saturated heterocycles. The molecule has 2 nitrogen and oxygen atoms in total. The van der Waals surface area contributed by atoms with Crippen LogP contribution in [0.1, 0.15) is 25.7 Å². The zero-order chi connectivity index (χ0) is 7.56. The van der Waals surface area contributed by atoms with Gasteiger partial charge in [-0.05, 0) is 19.3 Å². The number of hydrogen-bond donors (Lipinski definition) is 1. The van der Waals surface area contributed by atoms with Crippen molar-refractivity contribution in [1.29, 1.82) is 0 Å². The second kappa shape index (κ2) is 5.52. The van der Waals surface area contributed by atoms with E-state index in [-0.39, 0.29) is 33.6 Å². The first kappa shape index (κ1) is 11.9. The first-order valence-electron chi connectivity index (χ1n) is 3.57. The van der Waals surface area contributed by atoms with Crippen molar-refractivity contribution in [2.75, 3.05) is 0 Å². The van der Waals surface area contributed by atoms with Crippen LogP contribution in [0.5, 0.6) is 0 Å². The second-order valence-corrected chi connectivity index (χ2v) is 4.09. The number of halogens is 1. The summed E-state index contributed by atoms with van der Waals surface area (Å²) in [6.45, 7) is 0. The van der Waals surface area contributed by atoms with Gasteiger partial charge in [0.15, 0.2) is 0 Å². The van der Waals surface area contributed by atoms with Crippen LogP contribution >= 0.6 is 15.9 Å². The summed E-state index contributed by atoms with van der Waals surface area (Å²) in [7, 11) is 0. The summed E-state index contributed by atoms with van der Waals surface area (Å²) < 4.78 is 0. The average molecular weight is 408 g/mol. The Morgan fingerprint density at radius 2 is 2.09 bits per heavy atom. The third kappa shape index (κ3) is 3.88. The van der Waals surface area contributed by atoms with Gasteiger partial charge in [0.1, 0.15) is 0 Å². The summed E-state index contributed by atoms with van der Waals surface area (Å²) >= 11 is 3.43. The van der Waals surface area contributed by atoms with Crippen LogP contribution in [-0.2, 0) is 32.5 Å². The fourth-order valence-corrected chi connectivity index (χ4v) is 2.13. The molecule has 11 heavy (non-hydrogen) atoms. The van der Waals surface area contributed by atoms with Crippen molar-refractivity contribution >= 4 is 21.9 Å². The minimum atomic E-state index is -0.635. The molecule has 0 radical (unpaired) electrons. The molecule has 1 N–H and O–H groups in total. The Balaban J connectivity index is 0.000001000. The van der Waals surface area contributed by atoms with E-state index in [1.807, 2.05) is 0 Å². The number of rotatable bonds is 1. The standard InChI is InChI=1S/C7H11BrO2.Hg/c8-6-3-1-2-5(4-6)7(9)10;/h5-6H,1-4H2,(H,9,10);. The van der Waals surface area contributed by atoms with Gasteiger partial charge in [0.05, 0.1) is 5.92 Å². The Hall–Kier alpha value is 0.885. The van der Waals surface area contributed by atoms with Gasteiger partial charge in [-0.3, -0.25) is 4.79 Å². The molecule has 1 aliphatic carbocycles. The number of carbonyl (C=O) groups is 1. The minimum Gasteiger partial charge on any atom is -0.481 e. The molecule has 1 saturated carbocycles. The van der Waals surface area contributed by atoms with Crippen LogP contribution < -0.4 is 0 Å². The zero-order valence-electron chi connectivity index (χ0n) is 6.42. The second-order valence-electron chi connectivity index (χ2n) is 2.80. The van der Waals surface area contributed by atoms with Crippen molar-refractivity contribution in [3.05, 3.63) is 0 Å². The van der Waals surface area contributed by atoms with Crippen LogP contribution in [0.2, 0.25) is 0 Å². The molecule has 0 aliphatic heterocycles. The van der Waals surface area contributed by atoms with E-state index in [1.54, 1.807) is 0 Å². The van der Waals surface area contributed by atoms with E-state index in [0.717, 1.165) is 25.7 Å². The molecular weight excluding hydrogens is 397 g/mol. The van der Waals surface area contributed by atoms with Gasteiger partial charge >= 0.3 is 5.97 Å². The maximum Gasteiger partial charge on any atom is 0.306 e. The normalized spacial score (nSPS) is 30.6. The topological polar surface area (TPSA) is 37.3 Å². The predicted octanol–water partition coefficient (Wildman–Crippen LogP) is 2.02. The van der Waals surface area contributed by atoms with Crippen LogP contribution in [0.4, 0.5) is 0 Å². The summed E-state index contributed by atoms with van der Waals surface area (Å²) in [5, 5.41) is 8.64. The molecule has 2 unspecified atom stereocenters. The van der Waals surface area contributed by atoms with Gasteiger partial charge in [0.2, 0.25) is 0 Å². The zero-order valence-corrected chi connectivity index (χ0v) is 13.5. The Bertz CT molecular complexity index is 140. The van der Waals surface area contributed by atoms with E-state index >= 15 is 0 Å². The van der Waals surface area contributed by atoms with Crippen molar-refractivity contribution in [2.45, 2.75) is 30.5 Å². The van der Waals surface area contributed by atoms with Crippen LogP contribution in [0, 0.1) is 5.92 Å². The molecule has 0 spiro atoms. The average Bonchev–Trinajstić information content (AvgIpc) is 1.88. The first-order valence-corrected chi connectivity index (χ1v) is 4.48. The molecule has 2 atom stereocenters. The molecule has 0 aromatic rings. The largest absolute Gasteiger partial charge is 0.481 e. The van der Waals surface area contributed by atoms with E-state index in [9.17, 15) is 4.79 Å². The maximum atomic E-state index is 10.5. The van der Waals surface area contributed by atoms with Crippen molar-refractivity contribution in [1.82, 2.24) is 0 Å². The van der Waals surface area contributed by atoms with E-state index < -0.39 is 5.97 Å². The van der Waals surface area contributed by atoms with Gasteiger partial charge in [-0.25, -0.2) is 0 Å². The van der Waals surface area contributed by atoms with Crippen LogP contribution in [-0.4, -0.2) is 15.9 Å². The molecule has 0 heterocycles. The van der Waals surface area contributed by atoms with Gasteiger partial charge < -0.3 is 5.11 Å².